The van der Waals surface area contributed by atoms with Gasteiger partial charge in [-0.15, -0.1) is 0 Å². The van der Waals surface area contributed by atoms with Crippen LogP contribution in [0.1, 0.15) is 46.5 Å². The zero-order valence-electron chi connectivity index (χ0n) is 9.00. The Hall–Kier alpha value is -1.19. The number of hydrogen-bond acceptors (Lipinski definition) is 3. The molecule has 0 heterocycles. The van der Waals surface area contributed by atoms with Crippen LogP contribution in [-0.4, -0.2) is 22.6 Å². The first-order chi connectivity index (χ1) is 6.50. The number of hydrogen-bond donors (Lipinski definition) is 0. The number of unbranched alkanes of at least 4 members (excludes halogenated alkanes) is 2. The normalized spacial score (nSPS) is 9.64. The molecule has 0 aromatic carbocycles. The van der Waals surface area contributed by atoms with Crippen molar-refractivity contribution in [2.24, 2.45) is 0 Å². The fourth-order valence-electron chi connectivity index (χ4n) is 1.21. The second-order valence-electron chi connectivity index (χ2n) is 3.22. The summed E-state index contributed by atoms with van der Waals surface area (Å²) >= 11 is 0. The fourth-order valence-corrected chi connectivity index (χ4v) is 1.21. The van der Waals surface area contributed by atoms with Crippen LogP contribution in [0, 0.1) is 0 Å². The van der Waals surface area contributed by atoms with Crippen molar-refractivity contribution in [2.75, 3.05) is 0 Å². The molecule has 4 heteroatoms. The maximum atomic E-state index is 11.4. The van der Waals surface area contributed by atoms with Gasteiger partial charge in [-0.2, -0.15) is 0 Å². The van der Waals surface area contributed by atoms with Gasteiger partial charge in [0, 0.05) is 20.3 Å². The first-order valence-electron chi connectivity index (χ1n) is 4.84. The smallest absolute Gasteiger partial charge is 0.236 e. The summed E-state index contributed by atoms with van der Waals surface area (Å²) < 4.78 is 0. The van der Waals surface area contributed by atoms with E-state index in [2.05, 4.69) is 0 Å². The summed E-state index contributed by atoms with van der Waals surface area (Å²) in [6.07, 6.45) is 2.95. The molecule has 0 unspecified atom stereocenters. The van der Waals surface area contributed by atoms with Gasteiger partial charge in [0.25, 0.3) is 0 Å². The molecular weight excluding hydrogens is 182 g/mol. The van der Waals surface area contributed by atoms with E-state index < -0.39 is 17.7 Å². The molecular formula is C10H17NO3. The van der Waals surface area contributed by atoms with E-state index in [1.807, 2.05) is 6.92 Å². The Bertz CT molecular complexity index is 222. The standard InChI is InChI=1S/C10H17NO3/c1-4-5-6-7-10(14)11(8(2)12)9(3)13/h4-7H2,1-3H3. The van der Waals surface area contributed by atoms with Crippen LogP contribution in [0.15, 0.2) is 0 Å². The van der Waals surface area contributed by atoms with E-state index in [0.717, 1.165) is 19.3 Å². The Balaban J connectivity index is 4.17. The zero-order valence-corrected chi connectivity index (χ0v) is 9.00. The molecule has 0 saturated carbocycles. The van der Waals surface area contributed by atoms with E-state index in [1.54, 1.807) is 0 Å². The Morgan fingerprint density at radius 1 is 1.00 bits per heavy atom. The largest absolute Gasteiger partial charge is 0.274 e. The van der Waals surface area contributed by atoms with Gasteiger partial charge < -0.3 is 0 Å². The lowest BCUT2D eigenvalue weighted by atomic mass is 10.2. The van der Waals surface area contributed by atoms with E-state index in [9.17, 15) is 14.4 Å². The van der Waals surface area contributed by atoms with Crippen molar-refractivity contribution in [3.63, 3.8) is 0 Å². The van der Waals surface area contributed by atoms with Crippen molar-refractivity contribution in [3.8, 4) is 0 Å². The monoisotopic (exact) mass is 199 g/mol. The first kappa shape index (κ1) is 12.8. The zero-order chi connectivity index (χ0) is 11.1. The second-order valence-corrected chi connectivity index (χ2v) is 3.22. The molecule has 0 atom stereocenters. The van der Waals surface area contributed by atoms with Gasteiger partial charge in [-0.05, 0) is 6.42 Å². The summed E-state index contributed by atoms with van der Waals surface area (Å²) in [4.78, 5) is 34.0. The lowest BCUT2D eigenvalue weighted by Gasteiger charge is -2.14. The molecule has 0 aromatic rings. The minimum atomic E-state index is -0.501. The van der Waals surface area contributed by atoms with Gasteiger partial charge in [-0.25, -0.2) is 4.90 Å². The number of amides is 3. The Morgan fingerprint density at radius 2 is 1.50 bits per heavy atom. The molecule has 80 valence electrons. The lowest BCUT2D eigenvalue weighted by Crippen LogP contribution is -2.38. The van der Waals surface area contributed by atoms with Crippen LogP contribution in [0.5, 0.6) is 0 Å². The molecule has 0 saturated heterocycles. The third kappa shape index (κ3) is 4.16. The molecule has 0 spiro atoms. The third-order valence-corrected chi connectivity index (χ3v) is 1.87. The number of carbonyl (C=O) groups excluding carboxylic acids is 3. The van der Waals surface area contributed by atoms with Gasteiger partial charge in [0.1, 0.15) is 0 Å². The minimum Gasteiger partial charge on any atom is -0.274 e. The summed E-state index contributed by atoms with van der Waals surface area (Å²) in [5, 5.41) is 0. The Morgan fingerprint density at radius 3 is 1.86 bits per heavy atom. The Labute approximate surface area is 84.3 Å². The topological polar surface area (TPSA) is 54.5 Å². The maximum Gasteiger partial charge on any atom is 0.236 e. The van der Waals surface area contributed by atoms with E-state index >= 15 is 0 Å². The predicted octanol–water partition coefficient (Wildman–Crippen LogP) is 1.49. The van der Waals surface area contributed by atoms with Crippen LogP contribution in [0.4, 0.5) is 0 Å². The number of imide groups is 3. The van der Waals surface area contributed by atoms with Crippen LogP contribution in [0.3, 0.4) is 0 Å². The van der Waals surface area contributed by atoms with E-state index in [4.69, 9.17) is 0 Å². The molecule has 0 rings (SSSR count). The highest BCUT2D eigenvalue weighted by molar-refractivity contribution is 6.09. The van der Waals surface area contributed by atoms with Crippen LogP contribution in [-0.2, 0) is 14.4 Å². The molecule has 0 aliphatic carbocycles. The van der Waals surface area contributed by atoms with Crippen molar-refractivity contribution < 1.29 is 14.4 Å². The minimum absolute atomic E-state index is 0.271. The maximum absolute atomic E-state index is 11.4. The van der Waals surface area contributed by atoms with Crippen molar-refractivity contribution in [2.45, 2.75) is 46.5 Å². The van der Waals surface area contributed by atoms with Gasteiger partial charge in [0.2, 0.25) is 17.7 Å². The van der Waals surface area contributed by atoms with Gasteiger partial charge in [0.05, 0.1) is 0 Å². The highest BCUT2D eigenvalue weighted by Crippen LogP contribution is 2.03. The molecule has 0 aromatic heterocycles. The van der Waals surface area contributed by atoms with Gasteiger partial charge in [0.15, 0.2) is 0 Å². The van der Waals surface area contributed by atoms with Gasteiger partial charge in [-0.3, -0.25) is 14.4 Å². The van der Waals surface area contributed by atoms with Crippen LogP contribution in [0.2, 0.25) is 0 Å². The van der Waals surface area contributed by atoms with Gasteiger partial charge in [-0.1, -0.05) is 19.8 Å². The second kappa shape index (κ2) is 6.29. The Kier molecular flexibility index (Phi) is 5.76. The predicted molar refractivity (Wildman–Crippen MR) is 52.4 cm³/mol. The molecule has 0 aliphatic heterocycles. The molecule has 14 heavy (non-hydrogen) atoms. The molecule has 0 fully saturated rings. The summed E-state index contributed by atoms with van der Waals surface area (Å²) in [6.45, 7) is 4.47. The summed E-state index contributed by atoms with van der Waals surface area (Å²) in [5.74, 6) is -1.39. The average molecular weight is 199 g/mol. The van der Waals surface area contributed by atoms with Crippen molar-refractivity contribution in [1.82, 2.24) is 4.90 Å². The van der Waals surface area contributed by atoms with Crippen molar-refractivity contribution in [3.05, 3.63) is 0 Å². The molecule has 0 bridgehead atoms. The average Bonchev–Trinajstić information content (AvgIpc) is 2.03. The van der Waals surface area contributed by atoms with E-state index in [0.29, 0.717) is 4.90 Å². The number of nitrogens with zero attached hydrogens (tertiary/aromatic N) is 1. The van der Waals surface area contributed by atoms with E-state index in [1.165, 1.54) is 13.8 Å². The highest BCUT2D eigenvalue weighted by Gasteiger charge is 2.21. The molecule has 4 nitrogen and oxygen atoms in total. The summed E-state index contributed by atoms with van der Waals surface area (Å²) in [7, 11) is 0. The summed E-state index contributed by atoms with van der Waals surface area (Å²) in [5.41, 5.74) is 0. The third-order valence-electron chi connectivity index (χ3n) is 1.87. The SMILES string of the molecule is CCCCCC(=O)N(C(C)=O)C(C)=O. The van der Waals surface area contributed by atoms with Crippen LogP contribution >= 0.6 is 0 Å². The summed E-state index contributed by atoms with van der Waals surface area (Å²) in [6, 6.07) is 0. The quantitative estimate of drug-likeness (QED) is 0.644. The van der Waals surface area contributed by atoms with Crippen molar-refractivity contribution in [1.29, 1.82) is 0 Å². The van der Waals surface area contributed by atoms with Crippen LogP contribution < -0.4 is 0 Å². The highest BCUT2D eigenvalue weighted by atomic mass is 16.2. The molecule has 0 radical (unpaired) electrons. The fraction of sp³-hybridized carbons (Fsp3) is 0.700. The van der Waals surface area contributed by atoms with Crippen LogP contribution in [0.25, 0.3) is 0 Å². The number of rotatable bonds is 4. The first-order valence-corrected chi connectivity index (χ1v) is 4.84. The molecule has 0 N–H and O–H groups in total. The van der Waals surface area contributed by atoms with Gasteiger partial charge >= 0.3 is 0 Å². The van der Waals surface area contributed by atoms with E-state index in [-0.39, 0.29) is 6.42 Å². The van der Waals surface area contributed by atoms with Crippen molar-refractivity contribution >= 4 is 17.7 Å². The lowest BCUT2D eigenvalue weighted by molar-refractivity contribution is -0.152. The molecule has 0 aliphatic rings. The molecule has 3 amide bonds. The number of carbonyl (C=O) groups is 3.